The Morgan fingerprint density at radius 2 is 1.75 bits per heavy atom. The predicted molar refractivity (Wildman–Crippen MR) is 162 cm³/mol. The molecule has 202 valence electrons. The molecule has 0 unspecified atom stereocenters. The van der Waals surface area contributed by atoms with Gasteiger partial charge in [-0.2, -0.15) is 0 Å². The van der Waals surface area contributed by atoms with Gasteiger partial charge in [-0.25, -0.2) is 9.78 Å². The van der Waals surface area contributed by atoms with Crippen LogP contribution in [-0.4, -0.2) is 49.6 Å². The summed E-state index contributed by atoms with van der Waals surface area (Å²) in [6.45, 7) is 10.5. The van der Waals surface area contributed by atoms with Crippen LogP contribution in [0.1, 0.15) is 41.0 Å². The fourth-order valence-electron chi connectivity index (χ4n) is 6.05. The highest BCUT2D eigenvalue weighted by atomic mass is 16.4. The fraction of sp³-hybridized carbons (Fsp3) is 0.235. The molecule has 3 aromatic carbocycles. The summed E-state index contributed by atoms with van der Waals surface area (Å²) in [5.74, 6) is -0.946. The van der Waals surface area contributed by atoms with Crippen molar-refractivity contribution in [1.82, 2.24) is 18.9 Å². The lowest BCUT2D eigenvalue weighted by molar-refractivity contribution is 0.0700. The van der Waals surface area contributed by atoms with Crippen LogP contribution in [0.2, 0.25) is 0 Å². The average molecular weight is 531 g/mol. The lowest BCUT2D eigenvalue weighted by Crippen LogP contribution is -2.26. The smallest absolute Gasteiger partial charge is 0.337 e. The molecule has 3 heterocycles. The monoisotopic (exact) mass is 530 g/mol. The second kappa shape index (κ2) is 10.6. The second-order valence-electron chi connectivity index (χ2n) is 10.4. The van der Waals surface area contributed by atoms with Gasteiger partial charge in [0, 0.05) is 48.4 Å². The van der Waals surface area contributed by atoms with Crippen LogP contribution < -0.4 is 0 Å². The molecule has 0 fully saturated rings. The van der Waals surface area contributed by atoms with Gasteiger partial charge < -0.3 is 19.0 Å². The highest BCUT2D eigenvalue weighted by Gasteiger charge is 2.23. The first-order valence-electron chi connectivity index (χ1n) is 14.0. The molecule has 0 saturated heterocycles. The zero-order valence-corrected chi connectivity index (χ0v) is 23.3. The van der Waals surface area contributed by atoms with Crippen molar-refractivity contribution in [2.45, 2.75) is 33.7 Å². The van der Waals surface area contributed by atoms with E-state index in [1.165, 1.54) is 22.0 Å². The Labute approximate surface area is 234 Å². The number of carbonyl (C=O) groups is 1. The summed E-state index contributed by atoms with van der Waals surface area (Å²) in [5.41, 5.74) is 7.13. The van der Waals surface area contributed by atoms with Gasteiger partial charge in [-0.1, -0.05) is 68.4 Å². The van der Waals surface area contributed by atoms with Crippen molar-refractivity contribution >= 4 is 33.3 Å². The van der Waals surface area contributed by atoms with E-state index in [0.717, 1.165) is 48.3 Å². The van der Waals surface area contributed by atoms with Crippen LogP contribution in [0.5, 0.6) is 0 Å². The molecule has 6 nitrogen and oxygen atoms in total. The fourth-order valence-corrected chi connectivity index (χ4v) is 6.05. The average Bonchev–Trinajstić information content (AvgIpc) is 3.52. The molecule has 3 aromatic heterocycles. The minimum absolute atomic E-state index is 0.292. The molecule has 0 aliphatic heterocycles. The summed E-state index contributed by atoms with van der Waals surface area (Å²) in [5, 5.41) is 13.2. The number of imidazole rings is 1. The van der Waals surface area contributed by atoms with Crippen molar-refractivity contribution in [2.75, 3.05) is 19.6 Å². The number of aromatic carboxylic acids is 1. The Bertz CT molecular complexity index is 1860. The molecule has 1 N–H and O–H groups in total. The predicted octanol–water partition coefficient (Wildman–Crippen LogP) is 7.05. The summed E-state index contributed by atoms with van der Waals surface area (Å²) in [6, 6.07) is 24.0. The summed E-state index contributed by atoms with van der Waals surface area (Å²) in [7, 11) is 0. The minimum Gasteiger partial charge on any atom is -0.478 e. The van der Waals surface area contributed by atoms with Gasteiger partial charge in [0.25, 0.3) is 0 Å². The number of fused-ring (bicyclic) bond motifs is 3. The van der Waals surface area contributed by atoms with Crippen LogP contribution >= 0.6 is 0 Å². The number of hydrogen-bond donors (Lipinski definition) is 1. The number of pyridine rings is 1. The van der Waals surface area contributed by atoms with Crippen LogP contribution in [0.25, 0.3) is 38.6 Å². The molecule has 0 bridgehead atoms. The van der Waals surface area contributed by atoms with Gasteiger partial charge >= 0.3 is 5.97 Å². The van der Waals surface area contributed by atoms with E-state index in [1.807, 2.05) is 60.8 Å². The highest BCUT2D eigenvalue weighted by Crippen LogP contribution is 2.35. The van der Waals surface area contributed by atoms with Crippen molar-refractivity contribution in [3.63, 3.8) is 0 Å². The van der Waals surface area contributed by atoms with Gasteiger partial charge in [0.15, 0.2) is 0 Å². The van der Waals surface area contributed by atoms with Crippen molar-refractivity contribution in [1.29, 1.82) is 0 Å². The number of hydrogen-bond acceptors (Lipinski definition) is 3. The van der Waals surface area contributed by atoms with E-state index in [9.17, 15) is 9.90 Å². The molecule has 0 spiro atoms. The Kier molecular flexibility index (Phi) is 6.86. The molecule has 0 radical (unpaired) electrons. The van der Waals surface area contributed by atoms with Crippen molar-refractivity contribution < 1.29 is 9.90 Å². The minimum atomic E-state index is -0.946. The topological polar surface area (TPSA) is 62.8 Å². The Hall–Kier alpha value is -4.42. The van der Waals surface area contributed by atoms with E-state index < -0.39 is 5.97 Å². The van der Waals surface area contributed by atoms with Gasteiger partial charge in [-0.15, -0.1) is 0 Å². The molecule has 6 heteroatoms. The van der Waals surface area contributed by atoms with Gasteiger partial charge in [-0.05, 0) is 60.1 Å². The first-order valence-corrected chi connectivity index (χ1v) is 14.0. The zero-order chi connectivity index (χ0) is 27.8. The SMILES string of the molecule is CCN(CC)CCn1cc(Cc2c(-c3ccc4ccccc4c3C(=O)O)nc3ccccn23)c2c(C)cccc21. The van der Waals surface area contributed by atoms with Crippen molar-refractivity contribution in [3.05, 3.63) is 108 Å². The number of carboxylic acids is 1. The Balaban J connectivity index is 1.54. The molecule has 0 aliphatic rings. The number of carboxylic acid groups (broad SMARTS) is 1. The third-order valence-electron chi connectivity index (χ3n) is 8.13. The van der Waals surface area contributed by atoms with E-state index in [4.69, 9.17) is 4.98 Å². The van der Waals surface area contributed by atoms with Gasteiger partial charge in [0.05, 0.1) is 17.0 Å². The van der Waals surface area contributed by atoms with Crippen LogP contribution in [-0.2, 0) is 13.0 Å². The zero-order valence-electron chi connectivity index (χ0n) is 23.3. The summed E-state index contributed by atoms with van der Waals surface area (Å²) in [4.78, 5) is 20.1. The number of benzene rings is 3. The Morgan fingerprint density at radius 3 is 2.55 bits per heavy atom. The molecule has 40 heavy (non-hydrogen) atoms. The molecule has 6 rings (SSSR count). The molecule has 0 atom stereocenters. The standard InChI is InChI=1S/C34H34N4O2/c1-4-36(5-2)19-20-37-22-25(31-23(3)11-10-14-28(31)37)21-29-33(35-30-15-8-9-18-38(29)30)27-17-16-24-12-6-7-13-26(24)32(27)34(39)40/h6-18,22H,4-5,19-21H2,1-3H3,(H,39,40). The molecular weight excluding hydrogens is 496 g/mol. The summed E-state index contributed by atoms with van der Waals surface area (Å²) in [6.07, 6.45) is 4.94. The molecule has 0 amide bonds. The van der Waals surface area contributed by atoms with E-state index in [2.05, 4.69) is 59.0 Å². The lowest BCUT2D eigenvalue weighted by atomic mass is 9.94. The highest BCUT2D eigenvalue weighted by molar-refractivity contribution is 6.09. The third kappa shape index (κ3) is 4.44. The molecular formula is C34H34N4O2. The molecule has 6 aromatic rings. The quantitative estimate of drug-likeness (QED) is 0.218. The van der Waals surface area contributed by atoms with Gasteiger partial charge in [0.2, 0.25) is 0 Å². The largest absolute Gasteiger partial charge is 0.478 e. The molecule has 0 saturated carbocycles. The van der Waals surface area contributed by atoms with Crippen molar-refractivity contribution in [3.8, 4) is 11.3 Å². The van der Waals surface area contributed by atoms with Crippen LogP contribution in [0, 0.1) is 6.92 Å². The van der Waals surface area contributed by atoms with Gasteiger partial charge in [0.1, 0.15) is 5.65 Å². The first kappa shape index (κ1) is 25.8. The number of likely N-dealkylation sites (N-methyl/N-ethyl adjacent to an activating group) is 1. The van der Waals surface area contributed by atoms with Crippen LogP contribution in [0.15, 0.2) is 85.2 Å². The second-order valence-corrected chi connectivity index (χ2v) is 10.4. The van der Waals surface area contributed by atoms with E-state index in [0.29, 0.717) is 23.2 Å². The lowest BCUT2D eigenvalue weighted by Gasteiger charge is -2.18. The maximum atomic E-state index is 12.7. The van der Waals surface area contributed by atoms with Crippen LogP contribution in [0.3, 0.4) is 0 Å². The Morgan fingerprint density at radius 1 is 0.950 bits per heavy atom. The summed E-state index contributed by atoms with van der Waals surface area (Å²) >= 11 is 0. The number of nitrogens with zero attached hydrogens (tertiary/aromatic N) is 4. The molecule has 0 aliphatic carbocycles. The van der Waals surface area contributed by atoms with Crippen molar-refractivity contribution in [2.24, 2.45) is 0 Å². The van der Waals surface area contributed by atoms with Gasteiger partial charge in [-0.3, -0.25) is 0 Å². The van der Waals surface area contributed by atoms with E-state index >= 15 is 0 Å². The van der Waals surface area contributed by atoms with E-state index in [1.54, 1.807) is 0 Å². The first-order chi connectivity index (χ1) is 19.5. The number of rotatable bonds is 9. The number of aromatic nitrogens is 3. The third-order valence-corrected chi connectivity index (χ3v) is 8.13. The number of aryl methyl sites for hydroxylation is 1. The maximum Gasteiger partial charge on any atom is 0.337 e. The van der Waals surface area contributed by atoms with Crippen LogP contribution in [0.4, 0.5) is 0 Å². The summed E-state index contributed by atoms with van der Waals surface area (Å²) < 4.78 is 4.48. The maximum absolute atomic E-state index is 12.7. The normalized spacial score (nSPS) is 11.8. The van der Waals surface area contributed by atoms with E-state index in [-0.39, 0.29) is 0 Å².